The van der Waals surface area contributed by atoms with Crippen molar-refractivity contribution in [2.75, 3.05) is 0 Å². The van der Waals surface area contributed by atoms with Crippen molar-refractivity contribution in [1.29, 1.82) is 0 Å². The number of carbonyl (C=O) groups excluding carboxylic acids is 1. The number of carbonyl (C=O) groups is 1. The Morgan fingerprint density at radius 2 is 1.86 bits per heavy atom. The van der Waals surface area contributed by atoms with Crippen molar-refractivity contribution in [3.05, 3.63) is 36.8 Å². The van der Waals surface area contributed by atoms with Gasteiger partial charge in [0.25, 0.3) is 0 Å². The minimum absolute atomic E-state index is 0.0133. The lowest BCUT2D eigenvalue weighted by Crippen LogP contribution is -1.95. The summed E-state index contributed by atoms with van der Waals surface area (Å²) in [6.07, 6.45) is 0.341. The number of nitro groups is 1. The first-order valence-electron chi connectivity index (χ1n) is 3.26. The predicted octanol–water partition coefficient (Wildman–Crippen LogP) is 3.37. The largest absolute Gasteiger partial charge is 0.307 e. The van der Waals surface area contributed by atoms with E-state index < -0.39 is 10.6 Å². The minimum Gasteiger partial charge on any atom is -0.298 e. The maximum Gasteiger partial charge on any atom is 0.307 e. The number of rotatable bonds is 2. The Hall–Kier alpha value is -0.840. The number of nitro benzene ring substituents is 1. The van der Waals surface area contributed by atoms with Gasteiger partial charge < -0.3 is 0 Å². The quantitative estimate of drug-likeness (QED) is 0.462. The summed E-state index contributed by atoms with van der Waals surface area (Å²) < 4.78 is 0. The zero-order valence-corrected chi connectivity index (χ0v) is 8.73. The number of benzene rings is 1. The van der Waals surface area contributed by atoms with E-state index >= 15 is 0 Å². The van der Waals surface area contributed by atoms with Crippen molar-refractivity contribution in [1.82, 2.24) is 0 Å². The molecule has 0 atom stereocenters. The van der Waals surface area contributed by atoms with Crippen molar-refractivity contribution in [2.45, 2.75) is 0 Å². The summed E-state index contributed by atoms with van der Waals surface area (Å²) in [5, 5.41) is 9.94. The minimum atomic E-state index is -0.770. The maximum absolute atomic E-state index is 10.5. The fraction of sp³-hybridized carbons (Fsp3) is 0. The van der Waals surface area contributed by atoms with Gasteiger partial charge in [0.2, 0.25) is 0 Å². The van der Waals surface area contributed by atoms with Gasteiger partial charge in [-0.15, -0.1) is 0 Å². The van der Waals surface area contributed by atoms with Gasteiger partial charge in [0.05, 0.1) is 15.5 Å². The summed E-state index contributed by atoms with van der Waals surface area (Å²) in [5.74, 6) is 0. The van der Waals surface area contributed by atoms with E-state index in [-0.39, 0.29) is 20.6 Å². The number of hydrogen-bond donors (Lipinski definition) is 0. The molecule has 7 heteroatoms. The second kappa shape index (κ2) is 4.13. The van der Waals surface area contributed by atoms with E-state index in [0.717, 1.165) is 6.07 Å². The van der Waals surface area contributed by atoms with E-state index in [1.165, 1.54) is 0 Å². The molecule has 0 aromatic heterocycles. The van der Waals surface area contributed by atoms with E-state index in [1.54, 1.807) is 0 Å². The molecule has 1 aromatic carbocycles. The van der Waals surface area contributed by atoms with Crippen molar-refractivity contribution in [3.8, 4) is 0 Å². The highest BCUT2D eigenvalue weighted by Crippen LogP contribution is 2.38. The molecule has 0 radical (unpaired) electrons. The van der Waals surface area contributed by atoms with Crippen LogP contribution in [-0.2, 0) is 0 Å². The number of nitrogens with zero attached hydrogens (tertiary/aromatic N) is 1. The second-order valence-electron chi connectivity index (χ2n) is 2.29. The Morgan fingerprint density at radius 1 is 1.29 bits per heavy atom. The fourth-order valence-electron chi connectivity index (χ4n) is 0.870. The van der Waals surface area contributed by atoms with E-state index in [1.807, 2.05) is 0 Å². The first kappa shape index (κ1) is 11.2. The highest BCUT2D eigenvalue weighted by Gasteiger charge is 2.23. The van der Waals surface area contributed by atoms with Gasteiger partial charge in [-0.3, -0.25) is 14.9 Å². The average Bonchev–Trinajstić information content (AvgIpc) is 2.02. The van der Waals surface area contributed by atoms with Gasteiger partial charge in [-0.25, -0.2) is 0 Å². The lowest BCUT2D eigenvalue weighted by atomic mass is 10.2. The summed E-state index contributed by atoms with van der Waals surface area (Å²) in [4.78, 5) is 20.2. The molecule has 0 aliphatic carbocycles. The molecule has 1 rings (SSSR count). The van der Waals surface area contributed by atoms with Crippen LogP contribution in [0.1, 0.15) is 10.4 Å². The Morgan fingerprint density at radius 3 is 2.29 bits per heavy atom. The molecule has 0 unspecified atom stereocenters. The van der Waals surface area contributed by atoms with Crippen molar-refractivity contribution in [2.24, 2.45) is 0 Å². The van der Waals surface area contributed by atoms with Crippen molar-refractivity contribution < 1.29 is 9.72 Å². The van der Waals surface area contributed by atoms with Gasteiger partial charge in [-0.1, -0.05) is 34.8 Å². The molecule has 14 heavy (non-hydrogen) atoms. The first-order valence-corrected chi connectivity index (χ1v) is 4.39. The molecule has 0 heterocycles. The average molecular weight is 254 g/mol. The zero-order chi connectivity index (χ0) is 10.9. The molecular formula is C7H2Cl3NO3. The third-order valence-electron chi connectivity index (χ3n) is 1.48. The van der Waals surface area contributed by atoms with Crippen molar-refractivity contribution >= 4 is 46.8 Å². The van der Waals surface area contributed by atoms with Crippen LogP contribution < -0.4 is 0 Å². The molecule has 0 amide bonds. The lowest BCUT2D eigenvalue weighted by molar-refractivity contribution is -0.384. The Kier molecular flexibility index (Phi) is 3.31. The molecule has 0 aliphatic heterocycles. The van der Waals surface area contributed by atoms with Crippen LogP contribution in [0.25, 0.3) is 0 Å². The molecule has 0 N–H and O–H groups in total. The molecule has 0 fully saturated rings. The van der Waals surface area contributed by atoms with Crippen LogP contribution in [0.4, 0.5) is 5.69 Å². The maximum atomic E-state index is 10.5. The molecule has 4 nitrogen and oxygen atoms in total. The number of hydrogen-bond acceptors (Lipinski definition) is 3. The van der Waals surface area contributed by atoms with Gasteiger partial charge in [-0.05, 0) is 6.07 Å². The van der Waals surface area contributed by atoms with E-state index in [2.05, 4.69) is 0 Å². The summed E-state index contributed by atoms with van der Waals surface area (Å²) in [5.41, 5.74) is -0.649. The van der Waals surface area contributed by atoms with E-state index in [0.29, 0.717) is 6.29 Å². The molecule has 0 saturated heterocycles. The van der Waals surface area contributed by atoms with Gasteiger partial charge in [0, 0.05) is 0 Å². The Balaban J connectivity index is 3.60. The monoisotopic (exact) mass is 253 g/mol. The molecule has 0 bridgehead atoms. The van der Waals surface area contributed by atoms with E-state index in [4.69, 9.17) is 34.8 Å². The Bertz CT molecular complexity index is 419. The van der Waals surface area contributed by atoms with Crippen LogP contribution in [-0.4, -0.2) is 11.2 Å². The molecule has 1 aromatic rings. The fourth-order valence-corrected chi connectivity index (χ4v) is 1.86. The topological polar surface area (TPSA) is 60.2 Å². The highest BCUT2D eigenvalue weighted by atomic mass is 35.5. The first-order chi connectivity index (χ1) is 6.49. The standard InChI is InChI=1S/C7H2Cl3NO3/c8-4-1-5(9)7(11(13)14)6(10)3(4)2-12/h1-2H. The third kappa shape index (κ3) is 1.82. The van der Waals surface area contributed by atoms with Crippen LogP contribution in [0, 0.1) is 10.1 Å². The summed E-state index contributed by atoms with van der Waals surface area (Å²) >= 11 is 16.7. The molecular weight excluding hydrogens is 252 g/mol. The number of halogens is 3. The predicted molar refractivity (Wildman–Crippen MR) is 53.5 cm³/mol. The third-order valence-corrected chi connectivity index (χ3v) is 2.47. The molecule has 0 aliphatic rings. The van der Waals surface area contributed by atoms with Crippen LogP contribution >= 0.6 is 34.8 Å². The summed E-state index contributed by atoms with van der Waals surface area (Å²) in [7, 11) is 0. The van der Waals surface area contributed by atoms with Crippen LogP contribution in [0.3, 0.4) is 0 Å². The van der Waals surface area contributed by atoms with Crippen LogP contribution in [0.15, 0.2) is 6.07 Å². The van der Waals surface area contributed by atoms with Gasteiger partial charge >= 0.3 is 5.69 Å². The molecule has 0 saturated carbocycles. The van der Waals surface area contributed by atoms with Gasteiger partial charge in [0.1, 0.15) is 10.0 Å². The number of aldehydes is 1. The normalized spacial score (nSPS) is 9.93. The van der Waals surface area contributed by atoms with Crippen molar-refractivity contribution in [3.63, 3.8) is 0 Å². The highest BCUT2D eigenvalue weighted by molar-refractivity contribution is 6.43. The van der Waals surface area contributed by atoms with Gasteiger partial charge in [-0.2, -0.15) is 0 Å². The lowest BCUT2D eigenvalue weighted by Gasteiger charge is -2.02. The Labute approximate surface area is 93.5 Å². The van der Waals surface area contributed by atoms with Crippen LogP contribution in [0.2, 0.25) is 15.1 Å². The van der Waals surface area contributed by atoms with E-state index in [9.17, 15) is 14.9 Å². The molecule has 0 spiro atoms. The SMILES string of the molecule is O=Cc1c(Cl)cc(Cl)c([N+](=O)[O-])c1Cl. The summed E-state index contributed by atoms with van der Waals surface area (Å²) in [6, 6.07) is 1.11. The van der Waals surface area contributed by atoms with Crippen LogP contribution in [0.5, 0.6) is 0 Å². The smallest absolute Gasteiger partial charge is 0.298 e. The molecule has 74 valence electrons. The zero-order valence-electron chi connectivity index (χ0n) is 6.46. The van der Waals surface area contributed by atoms with Gasteiger partial charge in [0.15, 0.2) is 6.29 Å². The second-order valence-corrected chi connectivity index (χ2v) is 3.48. The summed E-state index contributed by atoms with van der Waals surface area (Å²) in [6.45, 7) is 0.